The molecule has 0 spiro atoms. The number of anilines is 1. The molecule has 1 fully saturated rings. The molecule has 1 saturated heterocycles. The molecule has 1 aromatic rings. The fourth-order valence-electron chi connectivity index (χ4n) is 2.36. The highest BCUT2D eigenvalue weighted by atomic mass is 19.1. The van der Waals surface area contributed by atoms with Crippen LogP contribution in [-0.2, 0) is 9.59 Å². The number of carbonyl (C=O) groups excluding carboxylic acids is 2. The van der Waals surface area contributed by atoms with Crippen molar-refractivity contribution in [3.8, 4) is 0 Å². The average molecular weight is 308 g/mol. The third kappa shape index (κ3) is 4.70. The van der Waals surface area contributed by atoms with E-state index in [1.54, 1.807) is 12.1 Å². The summed E-state index contributed by atoms with van der Waals surface area (Å²) in [6.45, 7) is 4.22. The molecule has 1 aliphatic heterocycles. The number of rotatable bonds is 5. The first-order valence-electron chi connectivity index (χ1n) is 7.32. The van der Waals surface area contributed by atoms with Gasteiger partial charge in [0.1, 0.15) is 11.9 Å². The molecule has 7 heteroatoms. The molecule has 0 aliphatic carbocycles. The molecule has 120 valence electrons. The van der Waals surface area contributed by atoms with Crippen molar-refractivity contribution in [2.24, 2.45) is 0 Å². The van der Waals surface area contributed by atoms with Gasteiger partial charge >= 0.3 is 0 Å². The predicted octanol–water partition coefficient (Wildman–Crippen LogP) is -0.144. The average Bonchev–Trinajstić information content (AvgIpc) is 2.52. The number of hydrogen-bond acceptors (Lipinski definition) is 4. The minimum atomic E-state index is -0.323. The molecule has 1 heterocycles. The summed E-state index contributed by atoms with van der Waals surface area (Å²) in [6, 6.07) is 5.94. The number of halogens is 1. The lowest BCUT2D eigenvalue weighted by atomic mass is 10.1. The highest BCUT2D eigenvalue weighted by molar-refractivity contribution is 5.83. The smallest absolute Gasteiger partial charge is 0.239 e. The first-order chi connectivity index (χ1) is 10.6. The topological polar surface area (TPSA) is 73.5 Å². The van der Waals surface area contributed by atoms with Crippen LogP contribution in [0.15, 0.2) is 24.3 Å². The fourth-order valence-corrected chi connectivity index (χ4v) is 2.36. The Hall–Kier alpha value is -2.15. The van der Waals surface area contributed by atoms with Gasteiger partial charge in [0, 0.05) is 45.3 Å². The molecule has 1 aliphatic rings. The Kier molecular flexibility index (Phi) is 5.71. The van der Waals surface area contributed by atoms with Gasteiger partial charge in [-0.25, -0.2) is 4.39 Å². The molecular formula is C15H21FN4O2. The Morgan fingerprint density at radius 1 is 1.27 bits per heavy atom. The zero-order valence-corrected chi connectivity index (χ0v) is 12.6. The summed E-state index contributed by atoms with van der Waals surface area (Å²) in [5, 5.41) is 8.57. The second-order valence-corrected chi connectivity index (χ2v) is 5.20. The number of amides is 2. The standard InChI is InChI=1S/C15H21FN4O2/c1-11(21)17-6-7-19-15(22)14-10-20(9-8-18-14)13-4-2-12(16)3-5-13/h2-5,14,18H,6-10H2,1H3,(H,17,21)(H,19,22). The van der Waals surface area contributed by atoms with Crippen LogP contribution in [0, 0.1) is 5.82 Å². The van der Waals surface area contributed by atoms with Crippen LogP contribution in [0.3, 0.4) is 0 Å². The Morgan fingerprint density at radius 2 is 1.95 bits per heavy atom. The van der Waals surface area contributed by atoms with Crippen molar-refractivity contribution in [3.05, 3.63) is 30.1 Å². The molecule has 1 atom stereocenters. The van der Waals surface area contributed by atoms with Gasteiger partial charge in [0.15, 0.2) is 0 Å². The third-order valence-corrected chi connectivity index (χ3v) is 3.48. The highest BCUT2D eigenvalue weighted by Gasteiger charge is 2.25. The molecule has 2 rings (SSSR count). The van der Waals surface area contributed by atoms with E-state index in [4.69, 9.17) is 0 Å². The van der Waals surface area contributed by atoms with Gasteiger partial charge in [-0.05, 0) is 24.3 Å². The van der Waals surface area contributed by atoms with Crippen LogP contribution in [0.4, 0.5) is 10.1 Å². The van der Waals surface area contributed by atoms with E-state index in [1.807, 2.05) is 4.90 Å². The van der Waals surface area contributed by atoms with Gasteiger partial charge in [0.2, 0.25) is 11.8 Å². The van der Waals surface area contributed by atoms with E-state index in [0.717, 1.165) is 12.2 Å². The van der Waals surface area contributed by atoms with Crippen LogP contribution >= 0.6 is 0 Å². The second-order valence-electron chi connectivity index (χ2n) is 5.20. The van der Waals surface area contributed by atoms with Gasteiger partial charge in [0.25, 0.3) is 0 Å². The lowest BCUT2D eigenvalue weighted by Crippen LogP contribution is -2.57. The van der Waals surface area contributed by atoms with Crippen LogP contribution < -0.4 is 20.9 Å². The van der Waals surface area contributed by atoms with Crippen molar-refractivity contribution in [1.29, 1.82) is 0 Å². The zero-order valence-electron chi connectivity index (χ0n) is 12.6. The van der Waals surface area contributed by atoms with E-state index in [1.165, 1.54) is 19.1 Å². The minimum absolute atomic E-state index is 0.0998. The van der Waals surface area contributed by atoms with Crippen LogP contribution in [0.1, 0.15) is 6.92 Å². The maximum atomic E-state index is 13.0. The molecule has 0 radical (unpaired) electrons. The fraction of sp³-hybridized carbons (Fsp3) is 0.467. The van der Waals surface area contributed by atoms with E-state index in [9.17, 15) is 14.0 Å². The number of carbonyl (C=O) groups is 2. The Labute approximate surface area is 129 Å². The van der Waals surface area contributed by atoms with Crippen LogP contribution in [0.2, 0.25) is 0 Å². The lowest BCUT2D eigenvalue weighted by molar-refractivity contribution is -0.123. The van der Waals surface area contributed by atoms with E-state index in [-0.39, 0.29) is 23.7 Å². The SMILES string of the molecule is CC(=O)NCCNC(=O)C1CN(c2ccc(F)cc2)CCN1. The quantitative estimate of drug-likeness (QED) is 0.662. The zero-order chi connectivity index (χ0) is 15.9. The number of hydrogen-bond donors (Lipinski definition) is 3. The van der Waals surface area contributed by atoms with Gasteiger partial charge in [-0.3, -0.25) is 9.59 Å². The molecule has 1 unspecified atom stereocenters. The lowest BCUT2D eigenvalue weighted by Gasteiger charge is -2.34. The second kappa shape index (κ2) is 7.74. The number of nitrogens with one attached hydrogen (secondary N) is 3. The van der Waals surface area contributed by atoms with E-state index >= 15 is 0 Å². The summed E-state index contributed by atoms with van der Waals surface area (Å²) < 4.78 is 13.0. The third-order valence-electron chi connectivity index (χ3n) is 3.48. The van der Waals surface area contributed by atoms with Gasteiger partial charge < -0.3 is 20.9 Å². The van der Waals surface area contributed by atoms with E-state index in [2.05, 4.69) is 16.0 Å². The summed E-state index contributed by atoms with van der Waals surface area (Å²) in [5.41, 5.74) is 0.902. The van der Waals surface area contributed by atoms with Crippen molar-refractivity contribution in [3.63, 3.8) is 0 Å². The molecule has 0 saturated carbocycles. The molecule has 6 nitrogen and oxygen atoms in total. The summed E-state index contributed by atoms with van der Waals surface area (Å²) in [7, 11) is 0. The molecule has 0 bridgehead atoms. The van der Waals surface area contributed by atoms with Gasteiger partial charge in [-0.1, -0.05) is 0 Å². The van der Waals surface area contributed by atoms with Crippen molar-refractivity contribution in [1.82, 2.24) is 16.0 Å². The van der Waals surface area contributed by atoms with Gasteiger partial charge in [-0.2, -0.15) is 0 Å². The molecule has 1 aromatic carbocycles. The Morgan fingerprint density at radius 3 is 2.64 bits per heavy atom. The maximum absolute atomic E-state index is 13.0. The Bertz CT molecular complexity index is 521. The number of nitrogens with zero attached hydrogens (tertiary/aromatic N) is 1. The van der Waals surface area contributed by atoms with Crippen molar-refractivity contribution in [2.75, 3.05) is 37.6 Å². The molecular weight excluding hydrogens is 287 g/mol. The predicted molar refractivity (Wildman–Crippen MR) is 82.1 cm³/mol. The summed E-state index contributed by atoms with van der Waals surface area (Å²) >= 11 is 0. The van der Waals surface area contributed by atoms with Crippen molar-refractivity contribution >= 4 is 17.5 Å². The summed E-state index contributed by atoms with van der Waals surface area (Å²) in [4.78, 5) is 24.9. The van der Waals surface area contributed by atoms with Gasteiger partial charge in [-0.15, -0.1) is 0 Å². The normalized spacial score (nSPS) is 17.9. The van der Waals surface area contributed by atoms with Crippen LogP contribution in [0.25, 0.3) is 0 Å². The van der Waals surface area contributed by atoms with E-state index < -0.39 is 0 Å². The minimum Gasteiger partial charge on any atom is -0.368 e. The largest absolute Gasteiger partial charge is 0.368 e. The summed E-state index contributed by atoms with van der Waals surface area (Å²) in [5.74, 6) is -0.490. The molecule has 2 amide bonds. The van der Waals surface area contributed by atoms with Crippen LogP contribution in [-0.4, -0.2) is 50.6 Å². The van der Waals surface area contributed by atoms with Gasteiger partial charge in [0.05, 0.1) is 0 Å². The molecule has 0 aromatic heterocycles. The molecule has 22 heavy (non-hydrogen) atoms. The van der Waals surface area contributed by atoms with Crippen molar-refractivity contribution in [2.45, 2.75) is 13.0 Å². The Balaban J connectivity index is 1.83. The van der Waals surface area contributed by atoms with Crippen molar-refractivity contribution < 1.29 is 14.0 Å². The number of piperazine rings is 1. The monoisotopic (exact) mass is 308 g/mol. The number of benzene rings is 1. The maximum Gasteiger partial charge on any atom is 0.239 e. The highest BCUT2D eigenvalue weighted by Crippen LogP contribution is 2.16. The van der Waals surface area contributed by atoms with E-state index in [0.29, 0.717) is 26.2 Å². The van der Waals surface area contributed by atoms with Crippen LogP contribution in [0.5, 0.6) is 0 Å². The summed E-state index contributed by atoms with van der Waals surface area (Å²) in [6.07, 6.45) is 0. The molecule has 3 N–H and O–H groups in total. The first kappa shape index (κ1) is 16.2. The first-order valence-corrected chi connectivity index (χ1v) is 7.32.